The van der Waals surface area contributed by atoms with Crippen LogP contribution in [0.5, 0.6) is 5.75 Å². The van der Waals surface area contributed by atoms with Crippen molar-refractivity contribution in [3.8, 4) is 16.9 Å². The number of carbonyl (C=O) groups excluding carboxylic acids is 1. The van der Waals surface area contributed by atoms with E-state index in [1.165, 1.54) is 24.3 Å². The first-order chi connectivity index (χ1) is 13.8. The molecule has 0 saturated carbocycles. The summed E-state index contributed by atoms with van der Waals surface area (Å²) in [6.07, 6.45) is -5.46. The lowest BCUT2D eigenvalue weighted by Gasteiger charge is -2.20. The van der Waals surface area contributed by atoms with Crippen LogP contribution in [0.3, 0.4) is 0 Å². The molecule has 0 saturated heterocycles. The number of carbonyl (C=O) groups is 1. The maximum Gasteiger partial charge on any atom is 0.425 e. The number of phenols is 1. The number of phenolic OH excluding ortho intramolecular Hbond substituents is 1. The van der Waals surface area contributed by atoms with E-state index in [4.69, 9.17) is 9.47 Å². The Bertz CT molecular complexity index is 755. The average molecular weight is 410 g/mol. The van der Waals surface area contributed by atoms with Gasteiger partial charge >= 0.3 is 12.1 Å². The lowest BCUT2D eigenvalue weighted by molar-refractivity contribution is -0.206. The van der Waals surface area contributed by atoms with E-state index in [0.29, 0.717) is 32.5 Å². The van der Waals surface area contributed by atoms with Crippen LogP contribution in [0.4, 0.5) is 13.2 Å². The first-order valence-electron chi connectivity index (χ1n) is 9.56. The Morgan fingerprint density at radius 1 is 0.966 bits per heavy atom. The molecule has 0 aliphatic rings. The second kappa shape index (κ2) is 10.9. The third-order valence-corrected chi connectivity index (χ3v) is 4.39. The van der Waals surface area contributed by atoms with Crippen molar-refractivity contribution < 1.29 is 32.5 Å². The zero-order valence-electron chi connectivity index (χ0n) is 16.2. The Labute approximate surface area is 168 Å². The molecule has 0 heterocycles. The summed E-state index contributed by atoms with van der Waals surface area (Å²) in [5.74, 6) is -0.871. The Morgan fingerprint density at radius 2 is 1.55 bits per heavy atom. The summed E-state index contributed by atoms with van der Waals surface area (Å²) in [5, 5.41) is 9.33. The van der Waals surface area contributed by atoms with Crippen molar-refractivity contribution in [1.82, 2.24) is 0 Å². The summed E-state index contributed by atoms with van der Waals surface area (Å²) in [6, 6.07) is 12.6. The second-order valence-corrected chi connectivity index (χ2v) is 6.61. The van der Waals surface area contributed by atoms with Crippen molar-refractivity contribution in [2.75, 3.05) is 13.2 Å². The van der Waals surface area contributed by atoms with Gasteiger partial charge in [0.25, 0.3) is 0 Å². The number of ether oxygens (including phenoxy) is 2. The first kappa shape index (κ1) is 22.7. The minimum atomic E-state index is -4.61. The molecule has 0 aromatic heterocycles. The van der Waals surface area contributed by atoms with Crippen LogP contribution >= 0.6 is 0 Å². The maximum absolute atomic E-state index is 13.2. The lowest BCUT2D eigenvalue weighted by Crippen LogP contribution is -2.33. The summed E-state index contributed by atoms with van der Waals surface area (Å²) in [4.78, 5) is 12.2. The van der Waals surface area contributed by atoms with Crippen LogP contribution in [0.2, 0.25) is 0 Å². The van der Waals surface area contributed by atoms with Gasteiger partial charge in [0, 0.05) is 13.2 Å². The molecule has 0 spiro atoms. The number of halogens is 3. The third kappa shape index (κ3) is 7.42. The van der Waals surface area contributed by atoms with E-state index < -0.39 is 18.2 Å². The molecule has 0 aliphatic heterocycles. The molecule has 1 atom stereocenters. The zero-order chi connectivity index (χ0) is 21.3. The highest BCUT2D eigenvalue weighted by Crippen LogP contribution is 2.28. The van der Waals surface area contributed by atoms with Gasteiger partial charge in [0.05, 0.1) is 5.56 Å². The Kier molecular flexibility index (Phi) is 8.51. The van der Waals surface area contributed by atoms with Crippen molar-refractivity contribution in [1.29, 1.82) is 0 Å². The topological polar surface area (TPSA) is 55.8 Å². The minimum Gasteiger partial charge on any atom is -0.508 e. The van der Waals surface area contributed by atoms with Gasteiger partial charge in [-0.2, -0.15) is 13.2 Å². The van der Waals surface area contributed by atoms with Crippen molar-refractivity contribution >= 4 is 5.97 Å². The molecule has 158 valence electrons. The molecule has 2 aromatic carbocycles. The number of unbranched alkanes of at least 4 members (excludes halogenated alkanes) is 2. The molecular weight excluding hydrogens is 385 g/mol. The molecular formula is C22H25F3O4. The molecule has 4 nitrogen and oxygen atoms in total. The van der Waals surface area contributed by atoms with Crippen LogP contribution in [0.15, 0.2) is 48.5 Å². The van der Waals surface area contributed by atoms with Gasteiger partial charge in [-0.25, -0.2) is 4.79 Å². The van der Waals surface area contributed by atoms with Crippen LogP contribution in [0.1, 0.15) is 43.0 Å². The van der Waals surface area contributed by atoms with E-state index in [1.54, 1.807) is 24.3 Å². The van der Waals surface area contributed by atoms with Crippen molar-refractivity contribution in [3.63, 3.8) is 0 Å². The number of esters is 1. The highest BCUT2D eigenvalue weighted by Gasteiger charge is 2.42. The SMILES string of the molecule is CCOCCCCCC(OC(=O)c1ccc(-c2ccc(O)cc2)cc1)C(F)(F)F. The van der Waals surface area contributed by atoms with Crippen molar-refractivity contribution in [2.45, 2.75) is 44.9 Å². The summed E-state index contributed by atoms with van der Waals surface area (Å²) >= 11 is 0. The van der Waals surface area contributed by atoms with E-state index in [0.717, 1.165) is 11.1 Å². The Balaban J connectivity index is 1.95. The summed E-state index contributed by atoms with van der Waals surface area (Å²) in [7, 11) is 0. The van der Waals surface area contributed by atoms with E-state index in [1.807, 2.05) is 6.92 Å². The molecule has 0 amide bonds. The van der Waals surface area contributed by atoms with Crippen LogP contribution < -0.4 is 0 Å². The summed E-state index contributed by atoms with van der Waals surface area (Å²) in [6.45, 7) is 2.95. The molecule has 1 N–H and O–H groups in total. The molecule has 29 heavy (non-hydrogen) atoms. The fraction of sp³-hybridized carbons (Fsp3) is 0.409. The van der Waals surface area contributed by atoms with Gasteiger partial charge in [-0.1, -0.05) is 30.7 Å². The smallest absolute Gasteiger partial charge is 0.425 e. The normalized spacial score (nSPS) is 12.6. The highest BCUT2D eigenvalue weighted by atomic mass is 19.4. The molecule has 0 fully saturated rings. The highest BCUT2D eigenvalue weighted by molar-refractivity contribution is 5.90. The molecule has 1 unspecified atom stereocenters. The molecule has 0 aliphatic carbocycles. The molecule has 2 rings (SSSR count). The quantitative estimate of drug-likeness (QED) is 0.401. The number of aromatic hydroxyl groups is 1. The van der Waals surface area contributed by atoms with E-state index >= 15 is 0 Å². The summed E-state index contributed by atoms with van der Waals surface area (Å²) in [5.41, 5.74) is 1.63. The monoisotopic (exact) mass is 410 g/mol. The third-order valence-electron chi connectivity index (χ3n) is 4.39. The lowest BCUT2D eigenvalue weighted by atomic mass is 10.0. The summed E-state index contributed by atoms with van der Waals surface area (Å²) < 4.78 is 49.6. The van der Waals surface area contributed by atoms with Crippen molar-refractivity contribution in [2.24, 2.45) is 0 Å². The first-order valence-corrected chi connectivity index (χ1v) is 9.56. The van der Waals surface area contributed by atoms with E-state index in [9.17, 15) is 23.1 Å². The van der Waals surface area contributed by atoms with Gasteiger partial charge in [-0.3, -0.25) is 0 Å². The van der Waals surface area contributed by atoms with E-state index in [2.05, 4.69) is 0 Å². The van der Waals surface area contributed by atoms with Gasteiger partial charge in [-0.05, 0) is 61.6 Å². The molecule has 0 bridgehead atoms. The number of alkyl halides is 3. The predicted octanol–water partition coefficient (Wildman–Crippen LogP) is 5.74. The minimum absolute atomic E-state index is 0.0538. The number of hydrogen-bond acceptors (Lipinski definition) is 4. The Hall–Kier alpha value is -2.54. The van der Waals surface area contributed by atoms with Crippen molar-refractivity contribution in [3.05, 3.63) is 54.1 Å². The standard InChI is InChI=1S/C22H25F3O4/c1-2-28-15-5-3-4-6-20(22(23,24)25)29-21(27)18-9-7-16(8-10-18)17-11-13-19(26)14-12-17/h7-14,20,26H,2-6,15H2,1H3. The molecule has 0 radical (unpaired) electrons. The van der Waals surface area contributed by atoms with Gasteiger partial charge in [0.15, 0.2) is 6.10 Å². The van der Waals surface area contributed by atoms with Crippen LogP contribution in [-0.2, 0) is 9.47 Å². The zero-order valence-corrected chi connectivity index (χ0v) is 16.2. The maximum atomic E-state index is 13.2. The fourth-order valence-electron chi connectivity index (χ4n) is 2.79. The number of rotatable bonds is 10. The number of hydrogen-bond donors (Lipinski definition) is 1. The second-order valence-electron chi connectivity index (χ2n) is 6.61. The largest absolute Gasteiger partial charge is 0.508 e. The van der Waals surface area contributed by atoms with Gasteiger partial charge in [0.1, 0.15) is 5.75 Å². The molecule has 7 heteroatoms. The van der Waals surface area contributed by atoms with E-state index in [-0.39, 0.29) is 17.7 Å². The predicted molar refractivity (Wildman–Crippen MR) is 104 cm³/mol. The fourth-order valence-corrected chi connectivity index (χ4v) is 2.79. The molecule has 2 aromatic rings. The van der Waals surface area contributed by atoms with Gasteiger partial charge in [0.2, 0.25) is 0 Å². The Morgan fingerprint density at radius 3 is 2.10 bits per heavy atom. The van der Waals surface area contributed by atoms with Gasteiger partial charge in [-0.15, -0.1) is 0 Å². The van der Waals surface area contributed by atoms with Crippen LogP contribution in [0.25, 0.3) is 11.1 Å². The van der Waals surface area contributed by atoms with Gasteiger partial charge < -0.3 is 14.6 Å². The van der Waals surface area contributed by atoms with Crippen LogP contribution in [-0.4, -0.2) is 36.6 Å². The van der Waals surface area contributed by atoms with Crippen LogP contribution in [0, 0.1) is 0 Å². The number of benzene rings is 2. The average Bonchev–Trinajstić information content (AvgIpc) is 2.69.